The van der Waals surface area contributed by atoms with Crippen LogP contribution < -0.4 is 9.47 Å². The smallest absolute Gasteiger partial charge is 0.222 e. The average Bonchev–Trinajstić information content (AvgIpc) is 2.67. The largest absolute Gasteiger partial charge is 0.493 e. The van der Waals surface area contributed by atoms with Crippen LogP contribution in [0.5, 0.6) is 11.5 Å². The fraction of sp³-hybridized carbons (Fsp3) is 0.381. The van der Waals surface area contributed by atoms with Crippen molar-refractivity contribution in [2.75, 3.05) is 20.8 Å². The normalized spacial score (nSPS) is 13.3. The molecule has 1 heterocycles. The second-order valence-corrected chi connectivity index (χ2v) is 6.52. The Kier molecular flexibility index (Phi) is 5.76. The molecule has 138 valence electrons. The third kappa shape index (κ3) is 4.15. The molecule has 0 saturated carbocycles. The second-order valence-electron chi connectivity index (χ2n) is 6.52. The first-order valence-electron chi connectivity index (χ1n) is 8.86. The summed E-state index contributed by atoms with van der Waals surface area (Å²) in [6.45, 7) is 1.32. The highest BCUT2D eigenvalue weighted by atomic mass is 19.1. The highest BCUT2D eigenvalue weighted by molar-refractivity contribution is 5.76. The molecule has 0 N–H and O–H groups in total. The van der Waals surface area contributed by atoms with Gasteiger partial charge in [0.05, 0.1) is 14.2 Å². The number of benzene rings is 2. The summed E-state index contributed by atoms with van der Waals surface area (Å²) < 4.78 is 23.6. The highest BCUT2D eigenvalue weighted by Crippen LogP contribution is 2.33. The number of halogens is 1. The highest BCUT2D eigenvalue weighted by Gasteiger charge is 2.22. The number of fused-ring (bicyclic) bond motifs is 1. The number of hydrogen-bond acceptors (Lipinski definition) is 3. The zero-order chi connectivity index (χ0) is 18.5. The van der Waals surface area contributed by atoms with Gasteiger partial charge in [0.15, 0.2) is 11.5 Å². The minimum absolute atomic E-state index is 0.160. The Balaban J connectivity index is 1.57. The van der Waals surface area contributed by atoms with Crippen molar-refractivity contribution in [3.05, 3.63) is 58.9 Å². The lowest BCUT2D eigenvalue weighted by Crippen LogP contribution is -2.35. The molecule has 0 atom stereocenters. The number of amides is 1. The quantitative estimate of drug-likeness (QED) is 0.790. The van der Waals surface area contributed by atoms with Gasteiger partial charge in [-0.25, -0.2) is 4.39 Å². The van der Waals surface area contributed by atoms with Gasteiger partial charge in [-0.15, -0.1) is 0 Å². The molecule has 1 aliphatic rings. The predicted octanol–water partition coefficient (Wildman–Crippen LogP) is 3.75. The van der Waals surface area contributed by atoms with Gasteiger partial charge < -0.3 is 14.4 Å². The zero-order valence-electron chi connectivity index (χ0n) is 15.3. The summed E-state index contributed by atoms with van der Waals surface area (Å²) in [5.41, 5.74) is 3.37. The first-order chi connectivity index (χ1) is 12.6. The van der Waals surface area contributed by atoms with Crippen LogP contribution in [0.4, 0.5) is 4.39 Å². The Hall–Kier alpha value is -2.56. The summed E-state index contributed by atoms with van der Waals surface area (Å²) in [7, 11) is 3.25. The van der Waals surface area contributed by atoms with E-state index in [0.29, 0.717) is 18.7 Å². The molecule has 2 aromatic carbocycles. The fourth-order valence-corrected chi connectivity index (χ4v) is 3.35. The number of ether oxygens (including phenoxy) is 2. The monoisotopic (exact) mass is 357 g/mol. The van der Waals surface area contributed by atoms with E-state index in [2.05, 4.69) is 0 Å². The predicted molar refractivity (Wildman–Crippen MR) is 98.0 cm³/mol. The Morgan fingerprint density at radius 1 is 1.08 bits per heavy atom. The van der Waals surface area contributed by atoms with E-state index in [0.717, 1.165) is 42.7 Å². The van der Waals surface area contributed by atoms with E-state index in [9.17, 15) is 9.18 Å². The van der Waals surface area contributed by atoms with Crippen molar-refractivity contribution in [3.63, 3.8) is 0 Å². The topological polar surface area (TPSA) is 38.8 Å². The van der Waals surface area contributed by atoms with Crippen molar-refractivity contribution in [2.45, 2.75) is 32.2 Å². The molecule has 5 heteroatoms. The zero-order valence-corrected chi connectivity index (χ0v) is 15.3. The number of carbonyl (C=O) groups excluding carboxylic acids is 1. The van der Waals surface area contributed by atoms with E-state index in [4.69, 9.17) is 9.47 Å². The summed E-state index contributed by atoms with van der Waals surface area (Å²) in [5, 5.41) is 0. The van der Waals surface area contributed by atoms with Gasteiger partial charge in [0.1, 0.15) is 5.82 Å². The van der Waals surface area contributed by atoms with Crippen molar-refractivity contribution in [1.82, 2.24) is 4.90 Å². The Morgan fingerprint density at radius 2 is 1.73 bits per heavy atom. The standard InChI is InChI=1S/C21H24FNO3/c1-25-19-12-16-10-11-23(14-17(16)13-20(19)26-2)21(24)5-3-4-15-6-8-18(22)9-7-15/h6-9,12-13H,3-5,10-11,14H2,1-2H3. The molecule has 0 spiro atoms. The summed E-state index contributed by atoms with van der Waals surface area (Å²) in [4.78, 5) is 14.4. The Morgan fingerprint density at radius 3 is 2.38 bits per heavy atom. The van der Waals surface area contributed by atoms with E-state index >= 15 is 0 Å². The number of carbonyl (C=O) groups is 1. The molecule has 0 aromatic heterocycles. The van der Waals surface area contributed by atoms with Gasteiger partial charge in [-0.3, -0.25) is 4.79 Å². The van der Waals surface area contributed by atoms with Gasteiger partial charge in [0.2, 0.25) is 5.91 Å². The summed E-state index contributed by atoms with van der Waals surface area (Å²) >= 11 is 0. The first kappa shape index (κ1) is 18.2. The molecule has 0 radical (unpaired) electrons. The van der Waals surface area contributed by atoms with Crippen LogP contribution >= 0.6 is 0 Å². The van der Waals surface area contributed by atoms with E-state index in [1.807, 2.05) is 17.0 Å². The minimum Gasteiger partial charge on any atom is -0.493 e. The van der Waals surface area contributed by atoms with Gasteiger partial charge in [-0.1, -0.05) is 12.1 Å². The molecule has 3 rings (SSSR count). The fourth-order valence-electron chi connectivity index (χ4n) is 3.35. The van der Waals surface area contributed by atoms with Crippen LogP contribution in [0.3, 0.4) is 0 Å². The van der Waals surface area contributed by atoms with Crippen molar-refractivity contribution in [2.24, 2.45) is 0 Å². The number of methoxy groups -OCH3 is 2. The molecule has 0 fully saturated rings. The Bertz CT molecular complexity index is 774. The number of nitrogens with zero attached hydrogens (tertiary/aromatic N) is 1. The lowest BCUT2D eigenvalue weighted by Gasteiger charge is -2.29. The van der Waals surface area contributed by atoms with Crippen molar-refractivity contribution >= 4 is 5.91 Å². The molecule has 2 aromatic rings. The molecule has 26 heavy (non-hydrogen) atoms. The number of aryl methyl sites for hydroxylation is 1. The van der Waals surface area contributed by atoms with Gasteiger partial charge >= 0.3 is 0 Å². The maximum Gasteiger partial charge on any atom is 0.222 e. The second kappa shape index (κ2) is 8.21. The lowest BCUT2D eigenvalue weighted by atomic mass is 9.98. The van der Waals surface area contributed by atoms with Gasteiger partial charge in [-0.2, -0.15) is 0 Å². The molecule has 0 saturated heterocycles. The first-order valence-corrected chi connectivity index (χ1v) is 8.86. The van der Waals surface area contributed by atoms with Crippen LogP contribution in [0.25, 0.3) is 0 Å². The Labute approximate surface area is 153 Å². The van der Waals surface area contributed by atoms with E-state index < -0.39 is 0 Å². The third-order valence-electron chi connectivity index (χ3n) is 4.84. The van der Waals surface area contributed by atoms with Crippen LogP contribution in [-0.2, 0) is 24.2 Å². The lowest BCUT2D eigenvalue weighted by molar-refractivity contribution is -0.132. The molecular formula is C21H24FNO3. The van der Waals surface area contributed by atoms with Crippen LogP contribution in [-0.4, -0.2) is 31.6 Å². The number of rotatable bonds is 6. The molecule has 4 nitrogen and oxygen atoms in total. The molecular weight excluding hydrogens is 333 g/mol. The molecule has 0 bridgehead atoms. The van der Waals surface area contributed by atoms with Crippen molar-refractivity contribution in [3.8, 4) is 11.5 Å². The number of hydrogen-bond donors (Lipinski definition) is 0. The maximum atomic E-state index is 12.9. The van der Waals surface area contributed by atoms with Crippen LogP contribution in [0.2, 0.25) is 0 Å². The average molecular weight is 357 g/mol. The summed E-state index contributed by atoms with van der Waals surface area (Å²) in [5.74, 6) is 1.35. The van der Waals surface area contributed by atoms with E-state index in [1.54, 1.807) is 26.4 Å². The minimum atomic E-state index is -0.233. The van der Waals surface area contributed by atoms with Crippen LogP contribution in [0.15, 0.2) is 36.4 Å². The van der Waals surface area contributed by atoms with Crippen LogP contribution in [0, 0.1) is 5.82 Å². The van der Waals surface area contributed by atoms with Crippen molar-refractivity contribution < 1.29 is 18.7 Å². The molecule has 0 unspecified atom stereocenters. The van der Waals surface area contributed by atoms with Crippen LogP contribution in [0.1, 0.15) is 29.5 Å². The van der Waals surface area contributed by atoms with E-state index in [-0.39, 0.29) is 11.7 Å². The maximum absolute atomic E-state index is 12.9. The summed E-state index contributed by atoms with van der Waals surface area (Å²) in [6, 6.07) is 10.4. The SMILES string of the molecule is COc1cc2c(cc1OC)CN(C(=O)CCCc1ccc(F)cc1)CC2. The van der Waals surface area contributed by atoms with Gasteiger partial charge in [-0.05, 0) is 60.2 Å². The van der Waals surface area contributed by atoms with Gasteiger partial charge in [0.25, 0.3) is 0 Å². The van der Waals surface area contributed by atoms with E-state index in [1.165, 1.54) is 17.7 Å². The molecule has 0 aliphatic carbocycles. The molecule has 1 aliphatic heterocycles. The molecule has 1 amide bonds. The van der Waals surface area contributed by atoms with Crippen molar-refractivity contribution in [1.29, 1.82) is 0 Å². The summed E-state index contributed by atoms with van der Waals surface area (Å²) in [6.07, 6.45) is 2.86. The third-order valence-corrected chi connectivity index (χ3v) is 4.84. The van der Waals surface area contributed by atoms with Gasteiger partial charge in [0, 0.05) is 19.5 Å².